The number of carbonyl (C=O) groups is 3. The molecule has 7 heteroatoms. The van der Waals surface area contributed by atoms with Crippen molar-refractivity contribution in [1.82, 2.24) is 0 Å². The second-order valence-electron chi connectivity index (χ2n) is 7.59. The number of amides is 3. The van der Waals surface area contributed by atoms with E-state index in [1.165, 1.54) is 0 Å². The lowest BCUT2D eigenvalue weighted by molar-refractivity contribution is -0.122. The van der Waals surface area contributed by atoms with E-state index in [-0.39, 0.29) is 30.1 Å². The lowest BCUT2D eigenvalue weighted by atomic mass is 10.1. The molecule has 0 radical (unpaired) electrons. The van der Waals surface area contributed by atoms with Crippen molar-refractivity contribution in [2.45, 2.75) is 31.1 Å². The van der Waals surface area contributed by atoms with E-state index in [1.807, 2.05) is 60.5 Å². The number of hydrogen-bond acceptors (Lipinski definition) is 4. The molecule has 2 aliphatic heterocycles. The average Bonchev–Trinajstić information content (AvgIpc) is 3.36. The number of carbonyl (C=O) groups excluding carboxylic acids is 3. The summed E-state index contributed by atoms with van der Waals surface area (Å²) in [5.41, 5.74) is 3.54. The fraction of sp³-hybridized carbons (Fsp3) is 0.348. The van der Waals surface area contributed by atoms with Crippen LogP contribution in [0, 0.1) is 5.92 Å². The highest BCUT2D eigenvalue weighted by atomic mass is 32.2. The molecule has 0 aliphatic carbocycles. The fourth-order valence-corrected chi connectivity index (χ4v) is 4.47. The zero-order chi connectivity index (χ0) is 21.3. The number of thioether (sulfide) groups is 1. The van der Waals surface area contributed by atoms with Crippen molar-refractivity contribution in [2.75, 3.05) is 34.5 Å². The Morgan fingerprint density at radius 2 is 1.93 bits per heavy atom. The molecule has 2 aromatic rings. The Hall–Kier alpha value is -2.80. The van der Waals surface area contributed by atoms with Gasteiger partial charge in [0.05, 0.1) is 5.92 Å². The van der Waals surface area contributed by atoms with Gasteiger partial charge in [0, 0.05) is 47.9 Å². The Balaban J connectivity index is 1.44. The minimum absolute atomic E-state index is 0.0488. The maximum atomic E-state index is 12.7. The van der Waals surface area contributed by atoms with Gasteiger partial charge in [-0.25, -0.2) is 0 Å². The highest BCUT2D eigenvalue weighted by molar-refractivity contribution is 7.98. The standard InChI is InChI=1S/C23H25N3O3S/c1-3-21(27)25-11-10-15-12-18(6-9-20(15)25)26-14-16(13-22(26)28)23(29)24-17-4-7-19(30-2)8-5-17/h4-9,12,16H,3,10-11,13-14H2,1-2H3,(H,24,29). The summed E-state index contributed by atoms with van der Waals surface area (Å²) in [5, 5.41) is 2.92. The van der Waals surface area contributed by atoms with Crippen LogP contribution in [0.3, 0.4) is 0 Å². The number of fused-ring (bicyclic) bond motifs is 1. The van der Waals surface area contributed by atoms with Crippen LogP contribution in [0.4, 0.5) is 17.1 Å². The number of nitrogens with one attached hydrogen (secondary N) is 1. The van der Waals surface area contributed by atoms with E-state index in [4.69, 9.17) is 0 Å². The molecule has 0 bridgehead atoms. The van der Waals surface area contributed by atoms with Crippen LogP contribution in [0.25, 0.3) is 0 Å². The Bertz CT molecular complexity index is 990. The van der Waals surface area contributed by atoms with Gasteiger partial charge in [-0.15, -0.1) is 11.8 Å². The summed E-state index contributed by atoms with van der Waals surface area (Å²) in [5.74, 6) is -0.457. The van der Waals surface area contributed by atoms with Gasteiger partial charge in [-0.3, -0.25) is 14.4 Å². The van der Waals surface area contributed by atoms with Crippen molar-refractivity contribution in [3.8, 4) is 0 Å². The molecule has 1 saturated heterocycles. The van der Waals surface area contributed by atoms with E-state index in [0.29, 0.717) is 19.5 Å². The molecule has 30 heavy (non-hydrogen) atoms. The minimum atomic E-state index is -0.385. The second-order valence-corrected chi connectivity index (χ2v) is 8.46. The molecule has 0 spiro atoms. The van der Waals surface area contributed by atoms with Gasteiger partial charge in [-0.2, -0.15) is 0 Å². The molecule has 2 heterocycles. The largest absolute Gasteiger partial charge is 0.326 e. The highest BCUT2D eigenvalue weighted by Crippen LogP contribution is 2.34. The van der Waals surface area contributed by atoms with Crippen LogP contribution in [-0.4, -0.2) is 37.1 Å². The first kappa shape index (κ1) is 20.5. The molecule has 6 nitrogen and oxygen atoms in total. The highest BCUT2D eigenvalue weighted by Gasteiger charge is 2.36. The average molecular weight is 424 g/mol. The molecule has 4 rings (SSSR count). The maximum absolute atomic E-state index is 12.7. The van der Waals surface area contributed by atoms with Gasteiger partial charge in [-0.05, 0) is 60.7 Å². The van der Waals surface area contributed by atoms with Gasteiger partial charge < -0.3 is 15.1 Å². The van der Waals surface area contributed by atoms with Crippen LogP contribution in [0.5, 0.6) is 0 Å². The summed E-state index contributed by atoms with van der Waals surface area (Å²) in [4.78, 5) is 42.0. The number of anilines is 3. The minimum Gasteiger partial charge on any atom is -0.326 e. The van der Waals surface area contributed by atoms with E-state index in [2.05, 4.69) is 5.32 Å². The van der Waals surface area contributed by atoms with Crippen molar-refractivity contribution >= 4 is 46.5 Å². The van der Waals surface area contributed by atoms with Crippen LogP contribution in [0.1, 0.15) is 25.3 Å². The lowest BCUT2D eigenvalue weighted by Gasteiger charge is -2.20. The summed E-state index contributed by atoms with van der Waals surface area (Å²) < 4.78 is 0. The van der Waals surface area contributed by atoms with Gasteiger partial charge >= 0.3 is 0 Å². The van der Waals surface area contributed by atoms with Gasteiger partial charge in [-0.1, -0.05) is 6.92 Å². The smallest absolute Gasteiger partial charge is 0.229 e. The Kier molecular flexibility index (Phi) is 5.81. The molecule has 2 aliphatic rings. The third kappa shape index (κ3) is 3.94. The van der Waals surface area contributed by atoms with Gasteiger partial charge in [0.1, 0.15) is 0 Å². The van der Waals surface area contributed by atoms with E-state index >= 15 is 0 Å². The van der Waals surface area contributed by atoms with Crippen molar-refractivity contribution in [3.05, 3.63) is 48.0 Å². The molecule has 1 atom stereocenters. The first-order chi connectivity index (χ1) is 14.5. The van der Waals surface area contributed by atoms with Crippen molar-refractivity contribution in [1.29, 1.82) is 0 Å². The third-order valence-corrected chi connectivity index (χ3v) is 6.47. The molecule has 1 fully saturated rings. The van der Waals surface area contributed by atoms with Crippen molar-refractivity contribution in [2.24, 2.45) is 5.92 Å². The topological polar surface area (TPSA) is 69.7 Å². The summed E-state index contributed by atoms with van der Waals surface area (Å²) in [6.45, 7) is 2.91. The molecule has 156 valence electrons. The molecule has 2 aromatic carbocycles. The number of rotatable bonds is 5. The SMILES string of the molecule is CCC(=O)N1CCc2cc(N3CC(C(=O)Nc4ccc(SC)cc4)CC3=O)ccc21. The monoisotopic (exact) mass is 423 g/mol. The molecule has 0 saturated carbocycles. The molecule has 3 amide bonds. The number of hydrogen-bond donors (Lipinski definition) is 1. The van der Waals surface area contributed by atoms with Gasteiger partial charge in [0.2, 0.25) is 17.7 Å². The first-order valence-corrected chi connectivity index (χ1v) is 11.4. The molecule has 1 N–H and O–H groups in total. The van der Waals surface area contributed by atoms with Crippen LogP contribution in [0.2, 0.25) is 0 Å². The summed E-state index contributed by atoms with van der Waals surface area (Å²) in [6, 6.07) is 13.5. The Morgan fingerprint density at radius 3 is 2.63 bits per heavy atom. The van der Waals surface area contributed by atoms with Crippen LogP contribution >= 0.6 is 11.8 Å². The normalized spacial score (nSPS) is 17.9. The summed E-state index contributed by atoms with van der Waals surface area (Å²) >= 11 is 1.65. The zero-order valence-corrected chi connectivity index (χ0v) is 18.0. The quantitative estimate of drug-likeness (QED) is 0.745. The van der Waals surface area contributed by atoms with E-state index < -0.39 is 0 Å². The van der Waals surface area contributed by atoms with E-state index in [1.54, 1.807) is 16.7 Å². The fourth-order valence-electron chi connectivity index (χ4n) is 4.06. The third-order valence-electron chi connectivity index (χ3n) is 5.73. The molecular weight excluding hydrogens is 398 g/mol. The number of benzene rings is 2. The first-order valence-electron chi connectivity index (χ1n) is 10.2. The lowest BCUT2D eigenvalue weighted by Crippen LogP contribution is -2.28. The van der Waals surface area contributed by atoms with Crippen LogP contribution < -0.4 is 15.1 Å². The van der Waals surface area contributed by atoms with E-state index in [9.17, 15) is 14.4 Å². The summed E-state index contributed by atoms with van der Waals surface area (Å²) in [6.07, 6.45) is 3.46. The predicted octanol–water partition coefficient (Wildman–Crippen LogP) is 3.70. The van der Waals surface area contributed by atoms with E-state index in [0.717, 1.165) is 33.9 Å². The van der Waals surface area contributed by atoms with Crippen LogP contribution in [-0.2, 0) is 20.8 Å². The predicted molar refractivity (Wildman–Crippen MR) is 120 cm³/mol. The Morgan fingerprint density at radius 1 is 1.17 bits per heavy atom. The number of nitrogens with zero attached hydrogens (tertiary/aromatic N) is 2. The zero-order valence-electron chi connectivity index (χ0n) is 17.2. The van der Waals surface area contributed by atoms with Crippen molar-refractivity contribution < 1.29 is 14.4 Å². The van der Waals surface area contributed by atoms with Gasteiger partial charge in [0.25, 0.3) is 0 Å². The molecular formula is C23H25N3O3S. The molecule has 0 aromatic heterocycles. The Labute approximate surface area is 180 Å². The second kappa shape index (κ2) is 8.52. The molecule has 1 unspecified atom stereocenters. The van der Waals surface area contributed by atoms with Gasteiger partial charge in [0.15, 0.2) is 0 Å². The van der Waals surface area contributed by atoms with Crippen LogP contribution in [0.15, 0.2) is 47.4 Å². The maximum Gasteiger partial charge on any atom is 0.229 e. The summed E-state index contributed by atoms with van der Waals surface area (Å²) in [7, 11) is 0. The van der Waals surface area contributed by atoms with Crippen molar-refractivity contribution in [3.63, 3.8) is 0 Å².